The quantitative estimate of drug-likeness (QED) is 0.180. The molecule has 6 fully saturated rings. The molecule has 6 aliphatic carbocycles. The summed E-state index contributed by atoms with van der Waals surface area (Å²) in [6.07, 6.45) is 12.9. The molecular weight excluding hydrogens is 689 g/mol. The van der Waals surface area contributed by atoms with E-state index in [0.29, 0.717) is 36.5 Å². The van der Waals surface area contributed by atoms with E-state index in [-0.39, 0.29) is 40.1 Å². The van der Waals surface area contributed by atoms with Gasteiger partial charge < -0.3 is 19.8 Å². The normalized spacial score (nSPS) is 39.5. The molecule has 310 valence electrons. The summed E-state index contributed by atoms with van der Waals surface area (Å²) in [4.78, 5) is 44.4. The maximum absolute atomic E-state index is 14.3. The number of likely N-dealkylation sites (tertiary alicyclic amines) is 1. The number of rotatable bonds is 13. The molecule has 1 saturated heterocycles. The molecule has 7 aliphatic rings. The van der Waals surface area contributed by atoms with Crippen molar-refractivity contribution >= 4 is 17.7 Å². The molecule has 7 rings (SSSR count). The number of aliphatic hydroxyl groups is 1. The summed E-state index contributed by atoms with van der Waals surface area (Å²) in [5.41, 5.74) is 0.763. The van der Waals surface area contributed by atoms with Gasteiger partial charge in [-0.3, -0.25) is 19.3 Å². The third kappa shape index (κ3) is 6.90. The van der Waals surface area contributed by atoms with Crippen molar-refractivity contribution in [2.75, 3.05) is 39.3 Å². The summed E-state index contributed by atoms with van der Waals surface area (Å²) in [5, 5.41) is 22.3. The van der Waals surface area contributed by atoms with Crippen LogP contribution in [0.15, 0.2) is 11.1 Å². The van der Waals surface area contributed by atoms with Crippen molar-refractivity contribution in [2.24, 2.45) is 62.1 Å². The topological polar surface area (TPSA) is 107 Å². The van der Waals surface area contributed by atoms with Crippen LogP contribution >= 0.6 is 0 Å². The highest BCUT2D eigenvalue weighted by atomic mass is 16.5. The Labute approximate surface area is 333 Å². The standard InChI is InChI=1S/C47H76N2O6/c1-30(2)39-33(50)26-47(36(51)29-49(28-31-12-13-31)25-24-48-22-10-11-23-48)21-20-45(8)32(40(39)47)14-15-35-44(7)18-17-37(55-38(52)27-42(3,4)41(53)54)43(5,6)34(44)16-19-46(35,45)9/h30-32,34-37,51H,10-29H2,1-9H3,(H,53,54). The number of fused-ring (bicyclic) bond motifs is 7. The van der Waals surface area contributed by atoms with Crippen molar-refractivity contribution in [2.45, 2.75) is 164 Å². The molecule has 0 spiro atoms. The number of esters is 1. The van der Waals surface area contributed by atoms with Crippen LogP contribution in [0.4, 0.5) is 0 Å². The van der Waals surface area contributed by atoms with Gasteiger partial charge in [-0.05, 0) is 155 Å². The average molecular weight is 765 g/mol. The van der Waals surface area contributed by atoms with E-state index in [4.69, 9.17) is 4.74 Å². The lowest BCUT2D eigenvalue weighted by Crippen LogP contribution is -2.66. The van der Waals surface area contributed by atoms with Gasteiger partial charge in [0.2, 0.25) is 0 Å². The Morgan fingerprint density at radius 2 is 1.60 bits per heavy atom. The molecule has 0 aromatic rings. The van der Waals surface area contributed by atoms with Crippen molar-refractivity contribution in [1.82, 2.24) is 9.80 Å². The minimum atomic E-state index is -1.16. The number of hydrogen-bond acceptors (Lipinski definition) is 7. The van der Waals surface area contributed by atoms with Gasteiger partial charge in [-0.1, -0.05) is 54.0 Å². The molecule has 0 aromatic carbocycles. The molecular formula is C47H76N2O6. The van der Waals surface area contributed by atoms with Crippen LogP contribution in [0, 0.1) is 62.1 Å². The molecule has 55 heavy (non-hydrogen) atoms. The van der Waals surface area contributed by atoms with Crippen molar-refractivity contribution in [3.05, 3.63) is 11.1 Å². The van der Waals surface area contributed by atoms with E-state index in [9.17, 15) is 24.6 Å². The van der Waals surface area contributed by atoms with Gasteiger partial charge in [0.05, 0.1) is 17.9 Å². The van der Waals surface area contributed by atoms with Gasteiger partial charge in [0.15, 0.2) is 5.78 Å². The van der Waals surface area contributed by atoms with E-state index in [0.717, 1.165) is 82.5 Å². The van der Waals surface area contributed by atoms with Crippen LogP contribution in [0.5, 0.6) is 0 Å². The zero-order chi connectivity index (χ0) is 39.9. The molecule has 5 saturated carbocycles. The lowest BCUT2D eigenvalue weighted by molar-refractivity contribution is -0.235. The number of ether oxygens (including phenoxy) is 1. The summed E-state index contributed by atoms with van der Waals surface area (Å²) < 4.78 is 6.20. The van der Waals surface area contributed by atoms with Crippen LogP contribution in [-0.2, 0) is 19.1 Å². The van der Waals surface area contributed by atoms with Crippen LogP contribution < -0.4 is 0 Å². The second kappa shape index (κ2) is 14.5. The number of nitrogens with zero attached hydrogens (tertiary/aromatic N) is 2. The monoisotopic (exact) mass is 765 g/mol. The van der Waals surface area contributed by atoms with E-state index in [1.807, 2.05) is 0 Å². The predicted molar refractivity (Wildman–Crippen MR) is 216 cm³/mol. The number of allylic oxidation sites excluding steroid dienone is 1. The summed E-state index contributed by atoms with van der Waals surface area (Å²) in [6, 6.07) is 0. The van der Waals surface area contributed by atoms with Crippen LogP contribution in [-0.4, -0.2) is 89.2 Å². The number of carboxylic acid groups (broad SMARTS) is 1. The summed E-state index contributed by atoms with van der Waals surface area (Å²) in [6.45, 7) is 26.1. The van der Waals surface area contributed by atoms with Crippen LogP contribution in [0.1, 0.15) is 152 Å². The van der Waals surface area contributed by atoms with Gasteiger partial charge in [-0.25, -0.2) is 0 Å². The van der Waals surface area contributed by atoms with Crippen molar-refractivity contribution in [3.8, 4) is 0 Å². The summed E-state index contributed by atoms with van der Waals surface area (Å²) in [5.74, 6) is 1.01. The molecule has 2 N–H and O–H groups in total. The van der Waals surface area contributed by atoms with Crippen molar-refractivity contribution < 1.29 is 29.3 Å². The van der Waals surface area contributed by atoms with Gasteiger partial charge in [-0.2, -0.15) is 0 Å². The minimum absolute atomic E-state index is 0.0204. The lowest BCUT2D eigenvalue weighted by Gasteiger charge is -2.72. The van der Waals surface area contributed by atoms with E-state index < -0.39 is 28.9 Å². The number of carboxylic acids is 1. The van der Waals surface area contributed by atoms with Crippen molar-refractivity contribution in [3.63, 3.8) is 0 Å². The fraction of sp³-hybridized carbons (Fsp3) is 0.894. The van der Waals surface area contributed by atoms with E-state index in [2.05, 4.69) is 58.3 Å². The van der Waals surface area contributed by atoms with Gasteiger partial charge in [0.25, 0.3) is 0 Å². The van der Waals surface area contributed by atoms with E-state index >= 15 is 0 Å². The SMILES string of the molecule is CC(C)C1=C2C3CCC4C5(C)CCC(OC(=O)CC(C)(C)C(=O)O)C(C)(C)C5CCC4(C)C3(C)CCC2(C(O)CN(CCN2CCCC2)CC2CC2)CC1=O. The number of carbonyl (C=O) groups is 3. The van der Waals surface area contributed by atoms with Crippen LogP contribution in [0.3, 0.4) is 0 Å². The zero-order valence-electron chi connectivity index (χ0n) is 36.1. The van der Waals surface area contributed by atoms with Crippen molar-refractivity contribution in [1.29, 1.82) is 0 Å². The molecule has 0 amide bonds. The highest BCUT2D eigenvalue weighted by Gasteiger charge is 2.71. The number of Topliss-reactive ketones (excluding diaryl/α,β-unsaturated/α-hetero) is 1. The molecule has 0 aromatic heterocycles. The third-order valence-electron chi connectivity index (χ3n) is 18.1. The highest BCUT2D eigenvalue weighted by Crippen LogP contribution is 2.77. The average Bonchev–Trinajstić information content (AvgIpc) is 3.63. The van der Waals surface area contributed by atoms with Gasteiger partial charge in [-0.15, -0.1) is 0 Å². The number of aliphatic carboxylic acids is 1. The Morgan fingerprint density at radius 1 is 0.909 bits per heavy atom. The Bertz CT molecular complexity index is 1540. The smallest absolute Gasteiger partial charge is 0.309 e. The molecule has 0 radical (unpaired) electrons. The summed E-state index contributed by atoms with van der Waals surface area (Å²) >= 11 is 0. The minimum Gasteiger partial charge on any atom is -0.481 e. The number of hydrogen-bond donors (Lipinski definition) is 2. The maximum Gasteiger partial charge on any atom is 0.309 e. The number of aliphatic hydroxyl groups excluding tert-OH is 1. The van der Waals surface area contributed by atoms with Crippen LogP contribution in [0.25, 0.3) is 0 Å². The lowest BCUT2D eigenvalue weighted by atomic mass is 9.33. The molecule has 9 unspecified atom stereocenters. The van der Waals surface area contributed by atoms with E-state index in [1.165, 1.54) is 44.3 Å². The Hall–Kier alpha value is -1.77. The van der Waals surface area contributed by atoms with E-state index in [1.54, 1.807) is 13.8 Å². The third-order valence-corrected chi connectivity index (χ3v) is 18.1. The number of ketones is 1. The maximum atomic E-state index is 14.3. The zero-order valence-corrected chi connectivity index (χ0v) is 36.1. The highest BCUT2D eigenvalue weighted by molar-refractivity contribution is 6.00. The van der Waals surface area contributed by atoms with Crippen LogP contribution in [0.2, 0.25) is 0 Å². The van der Waals surface area contributed by atoms with Gasteiger partial charge in [0.1, 0.15) is 6.10 Å². The largest absolute Gasteiger partial charge is 0.481 e. The predicted octanol–water partition coefficient (Wildman–Crippen LogP) is 8.55. The molecule has 8 heteroatoms. The second-order valence-corrected chi connectivity index (χ2v) is 22.3. The molecule has 9 atom stereocenters. The molecule has 0 bridgehead atoms. The molecule has 8 nitrogen and oxygen atoms in total. The fourth-order valence-electron chi connectivity index (χ4n) is 14.5. The Morgan fingerprint density at radius 3 is 2.24 bits per heavy atom. The second-order valence-electron chi connectivity index (χ2n) is 22.3. The Kier molecular flexibility index (Phi) is 10.9. The van der Waals surface area contributed by atoms with Gasteiger partial charge >= 0.3 is 11.9 Å². The first-order chi connectivity index (χ1) is 25.7. The summed E-state index contributed by atoms with van der Waals surface area (Å²) in [7, 11) is 0. The molecule has 1 heterocycles. The first-order valence-corrected chi connectivity index (χ1v) is 22.5. The fourth-order valence-corrected chi connectivity index (χ4v) is 14.5. The van der Waals surface area contributed by atoms with Gasteiger partial charge in [0, 0.05) is 43.4 Å². The first kappa shape index (κ1) is 41.4. The Balaban J connectivity index is 1.14. The first-order valence-electron chi connectivity index (χ1n) is 22.5. The molecule has 1 aliphatic heterocycles. The number of carbonyl (C=O) groups excluding carboxylic acids is 2.